The number of pyridine rings is 1. The van der Waals surface area contributed by atoms with Gasteiger partial charge in [0.25, 0.3) is 0 Å². The van der Waals surface area contributed by atoms with Crippen molar-refractivity contribution in [3.8, 4) is 0 Å². The molecule has 1 aromatic heterocycles. The van der Waals surface area contributed by atoms with Gasteiger partial charge in [0.1, 0.15) is 0 Å². The van der Waals surface area contributed by atoms with Crippen molar-refractivity contribution in [2.24, 2.45) is 0 Å². The van der Waals surface area contributed by atoms with Gasteiger partial charge in [-0.25, -0.2) is 0 Å². The van der Waals surface area contributed by atoms with E-state index in [1.165, 1.54) is 10.8 Å². The molecule has 0 spiro atoms. The number of rotatable bonds is 2. The molecule has 0 saturated carbocycles. The molecule has 14 heavy (non-hydrogen) atoms. The standard InChI is InChI=1S/C12H11NS/c14-9-3-6-12-11-5-2-1-4-10(11)7-8-13-12/h1-8,14H,9H2. The molecular weight excluding hydrogens is 190 g/mol. The van der Waals surface area contributed by atoms with E-state index in [2.05, 4.69) is 29.7 Å². The lowest BCUT2D eigenvalue weighted by Gasteiger charge is -1.99. The summed E-state index contributed by atoms with van der Waals surface area (Å²) in [6.45, 7) is 0. The first-order chi connectivity index (χ1) is 6.92. The fourth-order valence-corrected chi connectivity index (χ4v) is 1.55. The van der Waals surface area contributed by atoms with Crippen molar-refractivity contribution < 1.29 is 0 Å². The van der Waals surface area contributed by atoms with Gasteiger partial charge in [-0.3, -0.25) is 4.98 Å². The second-order valence-electron chi connectivity index (χ2n) is 3.00. The number of hydrogen-bond donors (Lipinski definition) is 1. The molecule has 0 N–H and O–H groups in total. The molecular formula is C12H11NS. The smallest absolute Gasteiger partial charge is 0.0705 e. The monoisotopic (exact) mass is 201 g/mol. The molecule has 1 heterocycles. The van der Waals surface area contributed by atoms with Crippen LogP contribution in [-0.4, -0.2) is 10.7 Å². The second-order valence-corrected chi connectivity index (χ2v) is 3.37. The Labute approximate surface area is 88.9 Å². The molecule has 1 nitrogen and oxygen atoms in total. The van der Waals surface area contributed by atoms with Crippen molar-refractivity contribution in [3.05, 3.63) is 48.3 Å². The van der Waals surface area contributed by atoms with Crippen molar-refractivity contribution in [3.63, 3.8) is 0 Å². The van der Waals surface area contributed by atoms with Crippen LogP contribution in [0.25, 0.3) is 16.8 Å². The van der Waals surface area contributed by atoms with Crippen LogP contribution in [0.1, 0.15) is 5.69 Å². The summed E-state index contributed by atoms with van der Waals surface area (Å²) in [4.78, 5) is 4.32. The maximum Gasteiger partial charge on any atom is 0.0705 e. The molecule has 0 aliphatic carbocycles. The van der Waals surface area contributed by atoms with E-state index in [4.69, 9.17) is 0 Å². The molecule has 0 aliphatic rings. The number of nitrogens with zero attached hydrogens (tertiary/aromatic N) is 1. The molecule has 2 aromatic rings. The summed E-state index contributed by atoms with van der Waals surface area (Å²) < 4.78 is 0. The summed E-state index contributed by atoms with van der Waals surface area (Å²) in [5.74, 6) is 0.741. The Hall–Kier alpha value is -1.28. The summed E-state index contributed by atoms with van der Waals surface area (Å²) in [5.41, 5.74) is 1.01. The van der Waals surface area contributed by atoms with Gasteiger partial charge in [0.15, 0.2) is 0 Å². The highest BCUT2D eigenvalue weighted by atomic mass is 32.1. The number of hydrogen-bond acceptors (Lipinski definition) is 2. The highest BCUT2D eigenvalue weighted by Crippen LogP contribution is 2.17. The Morgan fingerprint density at radius 2 is 2.07 bits per heavy atom. The fraction of sp³-hybridized carbons (Fsp3) is 0.0833. The predicted molar refractivity (Wildman–Crippen MR) is 64.6 cm³/mol. The van der Waals surface area contributed by atoms with Gasteiger partial charge < -0.3 is 0 Å². The highest BCUT2D eigenvalue weighted by Gasteiger charge is 1.96. The van der Waals surface area contributed by atoms with Crippen LogP contribution in [-0.2, 0) is 0 Å². The molecule has 0 fully saturated rings. The minimum atomic E-state index is 0.741. The van der Waals surface area contributed by atoms with Gasteiger partial charge in [-0.15, -0.1) is 0 Å². The zero-order valence-corrected chi connectivity index (χ0v) is 8.61. The Balaban J connectivity index is 2.59. The Kier molecular flexibility index (Phi) is 2.84. The molecule has 0 amide bonds. The van der Waals surface area contributed by atoms with Crippen LogP contribution in [0.3, 0.4) is 0 Å². The van der Waals surface area contributed by atoms with Crippen LogP contribution in [0.5, 0.6) is 0 Å². The van der Waals surface area contributed by atoms with Gasteiger partial charge in [0, 0.05) is 17.3 Å². The van der Waals surface area contributed by atoms with E-state index in [0.29, 0.717) is 0 Å². The Morgan fingerprint density at radius 1 is 1.21 bits per heavy atom. The first kappa shape index (κ1) is 9.28. The topological polar surface area (TPSA) is 12.9 Å². The van der Waals surface area contributed by atoms with Crippen LogP contribution in [0, 0.1) is 0 Å². The number of benzene rings is 1. The highest BCUT2D eigenvalue weighted by molar-refractivity contribution is 7.80. The van der Waals surface area contributed by atoms with Gasteiger partial charge in [0.2, 0.25) is 0 Å². The van der Waals surface area contributed by atoms with Crippen LogP contribution < -0.4 is 0 Å². The van der Waals surface area contributed by atoms with Crippen LogP contribution in [0.2, 0.25) is 0 Å². The zero-order chi connectivity index (χ0) is 9.80. The third kappa shape index (κ3) is 1.80. The van der Waals surface area contributed by atoms with Gasteiger partial charge in [0.05, 0.1) is 5.69 Å². The van der Waals surface area contributed by atoms with Crippen molar-refractivity contribution in [2.75, 3.05) is 5.75 Å². The fourth-order valence-electron chi connectivity index (χ4n) is 1.44. The largest absolute Gasteiger partial charge is 0.256 e. The van der Waals surface area contributed by atoms with E-state index in [9.17, 15) is 0 Å². The van der Waals surface area contributed by atoms with Crippen molar-refractivity contribution in [1.29, 1.82) is 0 Å². The molecule has 2 heteroatoms. The summed E-state index contributed by atoms with van der Waals surface area (Å²) in [6, 6.07) is 10.3. The predicted octanol–water partition coefficient (Wildman–Crippen LogP) is 3.18. The van der Waals surface area contributed by atoms with Gasteiger partial charge in [-0.2, -0.15) is 12.6 Å². The van der Waals surface area contributed by atoms with Crippen molar-refractivity contribution in [1.82, 2.24) is 4.98 Å². The van der Waals surface area contributed by atoms with E-state index in [1.807, 2.05) is 36.5 Å². The molecule has 0 atom stereocenters. The number of thiol groups is 1. The average molecular weight is 201 g/mol. The minimum absolute atomic E-state index is 0.741. The average Bonchev–Trinajstić information content (AvgIpc) is 2.26. The van der Waals surface area contributed by atoms with E-state index in [1.54, 1.807) is 0 Å². The van der Waals surface area contributed by atoms with Gasteiger partial charge in [-0.05, 0) is 17.5 Å². The first-order valence-corrected chi connectivity index (χ1v) is 5.16. The molecule has 0 radical (unpaired) electrons. The Bertz CT molecular complexity index is 457. The van der Waals surface area contributed by atoms with Crippen LogP contribution in [0.4, 0.5) is 0 Å². The lowest BCUT2D eigenvalue weighted by Crippen LogP contribution is -1.82. The van der Waals surface area contributed by atoms with E-state index in [-0.39, 0.29) is 0 Å². The summed E-state index contributed by atoms with van der Waals surface area (Å²) in [7, 11) is 0. The minimum Gasteiger partial charge on any atom is -0.256 e. The quantitative estimate of drug-likeness (QED) is 0.736. The molecule has 70 valence electrons. The number of aromatic nitrogens is 1. The summed E-state index contributed by atoms with van der Waals surface area (Å²) in [5, 5.41) is 2.41. The molecule has 1 aromatic carbocycles. The molecule has 0 bridgehead atoms. The lowest BCUT2D eigenvalue weighted by atomic mass is 10.1. The van der Waals surface area contributed by atoms with Crippen LogP contribution in [0.15, 0.2) is 42.6 Å². The zero-order valence-electron chi connectivity index (χ0n) is 7.72. The molecule has 0 saturated heterocycles. The first-order valence-electron chi connectivity index (χ1n) is 4.53. The summed E-state index contributed by atoms with van der Waals surface area (Å²) in [6.07, 6.45) is 5.84. The lowest BCUT2D eigenvalue weighted by molar-refractivity contribution is 1.33. The molecule has 0 unspecified atom stereocenters. The second kappa shape index (κ2) is 4.29. The van der Waals surface area contributed by atoms with E-state index < -0.39 is 0 Å². The Morgan fingerprint density at radius 3 is 2.93 bits per heavy atom. The third-order valence-electron chi connectivity index (χ3n) is 2.09. The van der Waals surface area contributed by atoms with Gasteiger partial charge >= 0.3 is 0 Å². The van der Waals surface area contributed by atoms with E-state index >= 15 is 0 Å². The maximum atomic E-state index is 4.32. The van der Waals surface area contributed by atoms with Crippen molar-refractivity contribution in [2.45, 2.75) is 0 Å². The normalized spacial score (nSPS) is 11.2. The van der Waals surface area contributed by atoms with Crippen LogP contribution >= 0.6 is 12.6 Å². The molecule has 2 rings (SSSR count). The van der Waals surface area contributed by atoms with Gasteiger partial charge in [-0.1, -0.05) is 30.3 Å². The molecule has 0 aliphatic heterocycles. The number of fused-ring (bicyclic) bond motifs is 1. The van der Waals surface area contributed by atoms with E-state index in [0.717, 1.165) is 11.4 Å². The van der Waals surface area contributed by atoms with Crippen molar-refractivity contribution >= 4 is 29.5 Å². The third-order valence-corrected chi connectivity index (χ3v) is 2.30. The maximum absolute atomic E-state index is 4.32. The SMILES string of the molecule is SCC=Cc1nccc2ccccc12. The summed E-state index contributed by atoms with van der Waals surface area (Å²) >= 11 is 4.13.